The van der Waals surface area contributed by atoms with Crippen molar-refractivity contribution in [3.05, 3.63) is 42.0 Å². The van der Waals surface area contributed by atoms with E-state index in [1.807, 2.05) is 31.2 Å². The van der Waals surface area contributed by atoms with Crippen LogP contribution in [0.5, 0.6) is 17.2 Å². The Labute approximate surface area is 148 Å². The number of benzene rings is 2. The van der Waals surface area contributed by atoms with Crippen LogP contribution in [0.2, 0.25) is 0 Å². The summed E-state index contributed by atoms with van der Waals surface area (Å²) in [6.45, 7) is 3.74. The van der Waals surface area contributed by atoms with Gasteiger partial charge in [-0.05, 0) is 25.5 Å². The molecule has 6 heteroatoms. The summed E-state index contributed by atoms with van der Waals surface area (Å²) in [5.41, 5.74) is 2.50. The zero-order chi connectivity index (χ0) is 18.4. The standard InChI is InChI=1S/C19H24N2O4/c1-12-8-6-7-9-15(12)21-19(22)13(2)20-14-10-16(23-3)18(25-5)17(11-14)24-4/h6-11,13,20H,1-5H3,(H,21,22). The van der Waals surface area contributed by atoms with E-state index in [0.29, 0.717) is 22.9 Å². The van der Waals surface area contributed by atoms with E-state index >= 15 is 0 Å². The van der Waals surface area contributed by atoms with Crippen LogP contribution in [-0.4, -0.2) is 33.3 Å². The number of hydrogen-bond donors (Lipinski definition) is 2. The van der Waals surface area contributed by atoms with Crippen molar-refractivity contribution in [3.8, 4) is 17.2 Å². The number of nitrogens with one attached hydrogen (secondary N) is 2. The SMILES string of the molecule is COc1cc(NC(C)C(=O)Nc2ccccc2C)cc(OC)c1OC. The van der Waals surface area contributed by atoms with Gasteiger partial charge in [-0.2, -0.15) is 0 Å². The van der Waals surface area contributed by atoms with Crippen molar-refractivity contribution in [2.24, 2.45) is 0 Å². The first-order chi connectivity index (χ1) is 12.0. The van der Waals surface area contributed by atoms with Crippen LogP contribution < -0.4 is 24.8 Å². The van der Waals surface area contributed by atoms with E-state index in [1.54, 1.807) is 40.4 Å². The Kier molecular flexibility index (Phi) is 6.11. The molecule has 2 N–H and O–H groups in total. The fourth-order valence-corrected chi connectivity index (χ4v) is 2.43. The number of carbonyl (C=O) groups excluding carboxylic acids is 1. The Morgan fingerprint density at radius 2 is 1.60 bits per heavy atom. The maximum Gasteiger partial charge on any atom is 0.246 e. The first-order valence-corrected chi connectivity index (χ1v) is 7.93. The summed E-state index contributed by atoms with van der Waals surface area (Å²) in [7, 11) is 4.65. The molecular formula is C19H24N2O4. The number of methoxy groups -OCH3 is 3. The number of para-hydroxylation sites is 1. The molecule has 1 atom stereocenters. The second-order valence-corrected chi connectivity index (χ2v) is 5.58. The lowest BCUT2D eigenvalue weighted by Crippen LogP contribution is -2.32. The van der Waals surface area contributed by atoms with Gasteiger partial charge in [0, 0.05) is 23.5 Å². The predicted molar refractivity (Wildman–Crippen MR) is 99.0 cm³/mol. The summed E-state index contributed by atoms with van der Waals surface area (Å²) >= 11 is 0. The predicted octanol–water partition coefficient (Wildman–Crippen LogP) is 3.46. The molecule has 2 aromatic rings. The van der Waals surface area contributed by atoms with Crippen molar-refractivity contribution in [1.29, 1.82) is 0 Å². The van der Waals surface area contributed by atoms with Crippen LogP contribution in [0.1, 0.15) is 12.5 Å². The molecule has 0 aliphatic carbocycles. The molecule has 0 fully saturated rings. The van der Waals surface area contributed by atoms with Crippen molar-refractivity contribution < 1.29 is 19.0 Å². The number of aryl methyl sites for hydroxylation is 1. The number of anilines is 2. The molecule has 1 unspecified atom stereocenters. The fourth-order valence-electron chi connectivity index (χ4n) is 2.43. The molecule has 1 amide bonds. The molecule has 6 nitrogen and oxygen atoms in total. The molecule has 0 radical (unpaired) electrons. The van der Waals surface area contributed by atoms with Crippen molar-refractivity contribution in [3.63, 3.8) is 0 Å². The maximum atomic E-state index is 12.4. The van der Waals surface area contributed by atoms with E-state index in [2.05, 4.69) is 10.6 Å². The summed E-state index contributed by atoms with van der Waals surface area (Å²) in [5.74, 6) is 1.42. The van der Waals surface area contributed by atoms with Gasteiger partial charge in [-0.25, -0.2) is 0 Å². The van der Waals surface area contributed by atoms with Crippen LogP contribution >= 0.6 is 0 Å². The van der Waals surface area contributed by atoms with Crippen LogP contribution in [0.4, 0.5) is 11.4 Å². The second-order valence-electron chi connectivity index (χ2n) is 5.58. The average molecular weight is 344 g/mol. The lowest BCUT2D eigenvalue weighted by atomic mass is 10.2. The van der Waals surface area contributed by atoms with Crippen LogP contribution in [0, 0.1) is 6.92 Å². The zero-order valence-corrected chi connectivity index (χ0v) is 15.2. The molecule has 0 aliphatic heterocycles. The average Bonchev–Trinajstić information content (AvgIpc) is 2.62. The highest BCUT2D eigenvalue weighted by molar-refractivity contribution is 5.96. The van der Waals surface area contributed by atoms with Crippen molar-refractivity contribution >= 4 is 17.3 Å². The second kappa shape index (κ2) is 8.28. The minimum atomic E-state index is -0.456. The zero-order valence-electron chi connectivity index (χ0n) is 15.2. The minimum Gasteiger partial charge on any atom is -0.493 e. The van der Waals surface area contributed by atoms with Gasteiger partial charge in [-0.1, -0.05) is 18.2 Å². The molecule has 0 saturated heterocycles. The van der Waals surface area contributed by atoms with Gasteiger partial charge < -0.3 is 24.8 Å². The van der Waals surface area contributed by atoms with Crippen LogP contribution in [0.15, 0.2) is 36.4 Å². The third-order valence-electron chi connectivity index (χ3n) is 3.84. The largest absolute Gasteiger partial charge is 0.493 e. The van der Waals surface area contributed by atoms with Gasteiger partial charge in [0.2, 0.25) is 11.7 Å². The smallest absolute Gasteiger partial charge is 0.246 e. The lowest BCUT2D eigenvalue weighted by Gasteiger charge is -2.19. The number of rotatable bonds is 7. The number of carbonyl (C=O) groups is 1. The van der Waals surface area contributed by atoms with Crippen LogP contribution in [0.3, 0.4) is 0 Å². The molecule has 2 rings (SSSR count). The normalized spacial score (nSPS) is 11.4. The quantitative estimate of drug-likeness (QED) is 0.805. The topological polar surface area (TPSA) is 68.8 Å². The first kappa shape index (κ1) is 18.4. The van der Waals surface area contributed by atoms with Gasteiger partial charge in [0.15, 0.2) is 11.5 Å². The van der Waals surface area contributed by atoms with E-state index in [9.17, 15) is 4.79 Å². The Morgan fingerprint density at radius 3 is 2.12 bits per heavy atom. The van der Waals surface area contributed by atoms with Crippen molar-refractivity contribution in [2.45, 2.75) is 19.9 Å². The molecule has 25 heavy (non-hydrogen) atoms. The number of ether oxygens (including phenoxy) is 3. The van der Waals surface area contributed by atoms with Crippen molar-refractivity contribution in [1.82, 2.24) is 0 Å². The van der Waals surface area contributed by atoms with Crippen LogP contribution in [0.25, 0.3) is 0 Å². The molecule has 0 aliphatic rings. The van der Waals surface area contributed by atoms with Crippen LogP contribution in [-0.2, 0) is 4.79 Å². The Balaban J connectivity index is 2.15. The Hall–Kier alpha value is -2.89. The molecule has 0 bridgehead atoms. The Morgan fingerprint density at radius 1 is 1.00 bits per heavy atom. The van der Waals surface area contributed by atoms with E-state index in [-0.39, 0.29) is 5.91 Å². The molecule has 2 aromatic carbocycles. The third-order valence-corrected chi connectivity index (χ3v) is 3.84. The highest BCUT2D eigenvalue weighted by Gasteiger charge is 2.17. The molecule has 0 aromatic heterocycles. The lowest BCUT2D eigenvalue weighted by molar-refractivity contribution is -0.116. The summed E-state index contributed by atoms with van der Waals surface area (Å²) in [5, 5.41) is 6.08. The van der Waals surface area contributed by atoms with E-state index in [1.165, 1.54) is 0 Å². The summed E-state index contributed by atoms with van der Waals surface area (Å²) in [6, 6.07) is 10.7. The van der Waals surface area contributed by atoms with Gasteiger partial charge in [-0.3, -0.25) is 4.79 Å². The Bertz CT molecular complexity index is 721. The minimum absolute atomic E-state index is 0.136. The van der Waals surface area contributed by atoms with Crippen molar-refractivity contribution in [2.75, 3.05) is 32.0 Å². The van der Waals surface area contributed by atoms with Gasteiger partial charge in [0.25, 0.3) is 0 Å². The molecule has 0 saturated carbocycles. The fraction of sp³-hybridized carbons (Fsp3) is 0.316. The number of hydrogen-bond acceptors (Lipinski definition) is 5. The van der Waals surface area contributed by atoms with E-state index in [4.69, 9.17) is 14.2 Å². The maximum absolute atomic E-state index is 12.4. The van der Waals surface area contributed by atoms with Gasteiger partial charge in [0.1, 0.15) is 6.04 Å². The highest BCUT2D eigenvalue weighted by atomic mass is 16.5. The summed E-state index contributed by atoms with van der Waals surface area (Å²) in [4.78, 5) is 12.4. The van der Waals surface area contributed by atoms with E-state index < -0.39 is 6.04 Å². The third kappa shape index (κ3) is 4.35. The molecule has 0 spiro atoms. The monoisotopic (exact) mass is 344 g/mol. The van der Waals surface area contributed by atoms with Gasteiger partial charge in [0.05, 0.1) is 21.3 Å². The van der Waals surface area contributed by atoms with Gasteiger partial charge >= 0.3 is 0 Å². The van der Waals surface area contributed by atoms with Gasteiger partial charge in [-0.15, -0.1) is 0 Å². The summed E-state index contributed by atoms with van der Waals surface area (Å²) in [6.07, 6.45) is 0. The molecule has 0 heterocycles. The number of amides is 1. The first-order valence-electron chi connectivity index (χ1n) is 7.93. The highest BCUT2D eigenvalue weighted by Crippen LogP contribution is 2.40. The molecule has 134 valence electrons. The summed E-state index contributed by atoms with van der Waals surface area (Å²) < 4.78 is 16.0. The van der Waals surface area contributed by atoms with E-state index in [0.717, 1.165) is 11.3 Å². The molecular weight excluding hydrogens is 320 g/mol.